The van der Waals surface area contributed by atoms with Crippen LogP contribution in [0.4, 0.5) is 46.5 Å². The van der Waals surface area contributed by atoms with Crippen molar-refractivity contribution in [1.82, 2.24) is 14.3 Å². The first-order valence-corrected chi connectivity index (χ1v) is 19.8. The van der Waals surface area contributed by atoms with E-state index in [1.807, 2.05) is 31.2 Å². The molecule has 6 aromatic rings. The van der Waals surface area contributed by atoms with Gasteiger partial charge in [0.1, 0.15) is 17.4 Å². The molecule has 0 aliphatic heterocycles. The van der Waals surface area contributed by atoms with Crippen molar-refractivity contribution in [2.75, 3.05) is 45.1 Å². The molecule has 0 aliphatic carbocycles. The zero-order chi connectivity index (χ0) is 46.6. The Bertz CT molecular complexity index is 2780. The molecular formula is C44H37F8N5O5S. The second-order valence-electron chi connectivity index (χ2n) is 13.9. The quantitative estimate of drug-likeness (QED) is 0.133. The number of amides is 2. The Balaban J connectivity index is 0.000000239. The number of pyridine rings is 2. The molecule has 6 rings (SSSR count). The second kappa shape index (κ2) is 18.7. The Morgan fingerprint density at radius 3 is 1.62 bits per heavy atom. The number of benzene rings is 4. The Kier molecular flexibility index (Phi) is 14.1. The molecule has 0 N–H and O–H groups in total. The van der Waals surface area contributed by atoms with Crippen molar-refractivity contribution in [2.24, 2.45) is 0 Å². The zero-order valence-electron chi connectivity index (χ0n) is 34.2. The number of anilines is 2. The van der Waals surface area contributed by atoms with Crippen molar-refractivity contribution in [1.29, 1.82) is 0 Å². The number of aromatic nitrogens is 2. The summed E-state index contributed by atoms with van der Waals surface area (Å²) in [5.41, 5.74) is 0.468. The van der Waals surface area contributed by atoms with Crippen LogP contribution in [-0.2, 0) is 22.4 Å². The summed E-state index contributed by atoms with van der Waals surface area (Å²) in [5, 5.41) is 0. The molecular weight excluding hydrogens is 863 g/mol. The number of carbonyl (C=O) groups excluding carboxylic acids is 2. The van der Waals surface area contributed by atoms with E-state index in [1.165, 1.54) is 66.0 Å². The standard InChI is InChI=1S/C23H22F3N3O3S.C21H15F5N2O2/c1-15-7-5-6-8-19(15)20-9-10-27-14-21(20)29(4)22(30)16-11-17(23(24,25)26)13-18(12-16)33(31,32)28(2)3;1-28(20(29)12-7-13(21(24,25)26)9-15(23)8-12)18-11-27-6-5-16(18)17-4-3-14(22)10-19(17)30-2/h5-14H,1-4H3;3-11H,1-2H3. The number of carbonyl (C=O) groups is 2. The van der Waals surface area contributed by atoms with Crippen LogP contribution in [0.25, 0.3) is 22.3 Å². The molecule has 0 unspecified atom stereocenters. The molecule has 63 heavy (non-hydrogen) atoms. The average molecular weight is 900 g/mol. The van der Waals surface area contributed by atoms with E-state index in [2.05, 4.69) is 9.97 Å². The van der Waals surface area contributed by atoms with E-state index in [-0.39, 0.29) is 11.4 Å². The maximum atomic E-state index is 13.7. The molecule has 2 amide bonds. The summed E-state index contributed by atoms with van der Waals surface area (Å²) in [6.45, 7) is 1.90. The largest absolute Gasteiger partial charge is 0.496 e. The van der Waals surface area contributed by atoms with Crippen LogP contribution in [0.15, 0.2) is 121 Å². The van der Waals surface area contributed by atoms with Gasteiger partial charge in [0.25, 0.3) is 11.8 Å². The predicted octanol–water partition coefficient (Wildman–Crippen LogP) is 9.93. The van der Waals surface area contributed by atoms with Gasteiger partial charge in [-0.3, -0.25) is 19.6 Å². The summed E-state index contributed by atoms with van der Waals surface area (Å²) in [4.78, 5) is 35.7. The van der Waals surface area contributed by atoms with Crippen molar-refractivity contribution in [2.45, 2.75) is 24.2 Å². The van der Waals surface area contributed by atoms with E-state index < -0.39 is 73.0 Å². The second-order valence-corrected chi connectivity index (χ2v) is 16.1. The van der Waals surface area contributed by atoms with E-state index >= 15 is 0 Å². The van der Waals surface area contributed by atoms with E-state index in [0.29, 0.717) is 46.6 Å². The predicted molar refractivity (Wildman–Crippen MR) is 220 cm³/mol. The third-order valence-electron chi connectivity index (χ3n) is 9.55. The number of hydrogen-bond donors (Lipinski definition) is 0. The lowest BCUT2D eigenvalue weighted by Crippen LogP contribution is -2.28. The van der Waals surface area contributed by atoms with Gasteiger partial charge in [-0.25, -0.2) is 21.5 Å². The lowest BCUT2D eigenvalue weighted by molar-refractivity contribution is -0.138. The minimum Gasteiger partial charge on any atom is -0.496 e. The fraction of sp³-hybridized carbons (Fsp3) is 0.182. The number of hydrogen-bond acceptors (Lipinski definition) is 7. The monoisotopic (exact) mass is 899 g/mol. The smallest absolute Gasteiger partial charge is 0.416 e. The van der Waals surface area contributed by atoms with Gasteiger partial charge >= 0.3 is 12.4 Å². The molecule has 0 fully saturated rings. The number of halogens is 8. The zero-order valence-corrected chi connectivity index (χ0v) is 35.0. The molecule has 0 aliphatic rings. The fourth-order valence-electron chi connectivity index (χ4n) is 6.25. The number of methoxy groups -OCH3 is 1. The van der Waals surface area contributed by atoms with Gasteiger partial charge in [0.05, 0.1) is 46.9 Å². The van der Waals surface area contributed by atoms with E-state index in [0.717, 1.165) is 43.4 Å². The highest BCUT2D eigenvalue weighted by Gasteiger charge is 2.35. The number of sulfonamides is 1. The van der Waals surface area contributed by atoms with Crippen molar-refractivity contribution in [3.8, 4) is 28.0 Å². The average Bonchev–Trinajstić information content (AvgIpc) is 3.24. The molecule has 0 spiro atoms. The van der Waals surface area contributed by atoms with Crippen LogP contribution in [0, 0.1) is 18.6 Å². The van der Waals surface area contributed by atoms with Gasteiger partial charge in [-0.15, -0.1) is 0 Å². The summed E-state index contributed by atoms with van der Waals surface area (Å²) in [7, 11) is 2.26. The van der Waals surface area contributed by atoms with Gasteiger partial charge in [-0.1, -0.05) is 24.3 Å². The Morgan fingerprint density at radius 1 is 0.603 bits per heavy atom. The highest BCUT2D eigenvalue weighted by atomic mass is 32.2. The molecule has 4 aromatic carbocycles. The third kappa shape index (κ3) is 10.7. The van der Waals surface area contributed by atoms with Gasteiger partial charge in [0, 0.05) is 74.5 Å². The van der Waals surface area contributed by atoms with Crippen molar-refractivity contribution >= 4 is 33.2 Å². The van der Waals surface area contributed by atoms with Gasteiger partial charge in [0.2, 0.25) is 10.0 Å². The molecule has 0 radical (unpaired) electrons. The first-order valence-electron chi connectivity index (χ1n) is 18.3. The first kappa shape index (κ1) is 47.3. The molecule has 2 heterocycles. The highest BCUT2D eigenvalue weighted by Crippen LogP contribution is 2.38. The third-order valence-corrected chi connectivity index (χ3v) is 11.3. The van der Waals surface area contributed by atoms with Gasteiger partial charge < -0.3 is 14.5 Å². The van der Waals surface area contributed by atoms with Crippen molar-refractivity contribution in [3.63, 3.8) is 0 Å². The van der Waals surface area contributed by atoms with Crippen molar-refractivity contribution in [3.05, 3.63) is 155 Å². The summed E-state index contributed by atoms with van der Waals surface area (Å²) >= 11 is 0. The maximum absolute atomic E-state index is 13.7. The Hall–Kier alpha value is -6.73. The normalized spacial score (nSPS) is 11.7. The molecule has 19 heteroatoms. The van der Waals surface area contributed by atoms with E-state index in [1.54, 1.807) is 18.3 Å². The van der Waals surface area contributed by atoms with Crippen molar-refractivity contribution < 1.29 is 57.9 Å². The minimum atomic E-state index is -4.84. The molecule has 10 nitrogen and oxygen atoms in total. The number of nitrogens with zero attached hydrogens (tertiary/aromatic N) is 5. The van der Waals surface area contributed by atoms with Gasteiger partial charge in [0.15, 0.2) is 0 Å². The summed E-state index contributed by atoms with van der Waals surface area (Å²) in [6, 6.07) is 18.2. The number of aryl methyl sites for hydroxylation is 1. The Morgan fingerprint density at radius 2 is 1.11 bits per heavy atom. The van der Waals surface area contributed by atoms with Gasteiger partial charge in [-0.05, 0) is 78.7 Å². The summed E-state index contributed by atoms with van der Waals surface area (Å²) in [5.74, 6) is -3.22. The minimum absolute atomic E-state index is 0.188. The SMILES string of the molecule is COc1cc(F)ccc1-c1ccncc1N(C)C(=O)c1cc(F)cc(C(F)(F)F)c1.Cc1ccccc1-c1ccncc1N(C)C(=O)c1cc(C(F)(F)F)cc(S(=O)(=O)N(C)C)c1. The van der Waals surface area contributed by atoms with Crippen LogP contribution in [-0.4, -0.2) is 69.8 Å². The topological polar surface area (TPSA) is 113 Å². The first-order chi connectivity index (χ1) is 29.4. The number of rotatable bonds is 9. The molecule has 0 saturated carbocycles. The molecule has 330 valence electrons. The summed E-state index contributed by atoms with van der Waals surface area (Å²) in [6.07, 6.45) is -3.91. The molecule has 0 atom stereocenters. The molecule has 0 saturated heterocycles. The molecule has 2 aromatic heterocycles. The van der Waals surface area contributed by atoms with Crippen LogP contribution in [0.3, 0.4) is 0 Å². The van der Waals surface area contributed by atoms with Crippen LogP contribution >= 0.6 is 0 Å². The number of ether oxygens (including phenoxy) is 1. The van der Waals surface area contributed by atoms with E-state index in [9.17, 15) is 53.1 Å². The highest BCUT2D eigenvalue weighted by molar-refractivity contribution is 7.89. The lowest BCUT2D eigenvalue weighted by atomic mass is 9.99. The van der Waals surface area contributed by atoms with Crippen LogP contribution < -0.4 is 14.5 Å². The van der Waals surface area contributed by atoms with Gasteiger partial charge in [-0.2, -0.15) is 26.3 Å². The van der Waals surface area contributed by atoms with Crippen LogP contribution in [0.1, 0.15) is 37.4 Å². The fourth-order valence-corrected chi connectivity index (χ4v) is 7.23. The van der Waals surface area contributed by atoms with E-state index in [4.69, 9.17) is 4.74 Å². The van der Waals surface area contributed by atoms with Crippen LogP contribution in [0.5, 0.6) is 5.75 Å². The lowest BCUT2D eigenvalue weighted by Gasteiger charge is -2.22. The van der Waals surface area contributed by atoms with Crippen LogP contribution in [0.2, 0.25) is 0 Å². The maximum Gasteiger partial charge on any atom is 0.416 e. The Labute approximate surface area is 357 Å². The number of alkyl halides is 6. The summed E-state index contributed by atoms with van der Waals surface area (Å²) < 4.78 is 138. The molecule has 0 bridgehead atoms.